The highest BCUT2D eigenvalue weighted by atomic mass is 14.7. The summed E-state index contributed by atoms with van der Waals surface area (Å²) in [5.74, 6) is 0. The first kappa shape index (κ1) is 23.0. The minimum absolute atomic E-state index is 0.393. The van der Waals surface area contributed by atoms with Gasteiger partial charge in [-0.15, -0.1) is 0 Å². The fraction of sp³-hybridized carbons (Fsp3) is 1.00. The van der Waals surface area contributed by atoms with E-state index in [1.165, 1.54) is 116 Å². The highest BCUT2D eigenvalue weighted by molar-refractivity contribution is 4.77. The average Bonchev–Trinajstić information content (AvgIpc) is 2.54. The summed E-state index contributed by atoms with van der Waals surface area (Å²) >= 11 is 0. The highest BCUT2D eigenvalue weighted by Crippen LogP contribution is 2.25. The second-order valence-electron chi connectivity index (χ2n) is 7.99. The molecule has 0 spiro atoms. The van der Waals surface area contributed by atoms with E-state index in [-0.39, 0.29) is 0 Å². The molecule has 0 saturated carbocycles. The molecule has 0 bridgehead atoms. The van der Waals surface area contributed by atoms with Crippen LogP contribution in [0.25, 0.3) is 0 Å². The van der Waals surface area contributed by atoms with Crippen LogP contribution in [0.2, 0.25) is 0 Å². The van der Waals surface area contributed by atoms with Crippen LogP contribution in [0.5, 0.6) is 0 Å². The minimum Gasteiger partial charge on any atom is -0.353 e. The molecule has 0 heterocycles. The fourth-order valence-electron chi connectivity index (χ4n) is 3.69. The molecule has 0 fully saturated rings. The number of quaternary nitrogens is 1. The third kappa shape index (κ3) is 15.2. The van der Waals surface area contributed by atoms with Crippen molar-refractivity contribution in [1.29, 1.82) is 0 Å². The normalized spacial score (nSPS) is 12.0. The Hall–Kier alpha value is -0.0400. The molecule has 0 aromatic carbocycles. The Labute approximate surface area is 148 Å². The van der Waals surface area contributed by atoms with E-state index in [2.05, 4.69) is 20.8 Å². The van der Waals surface area contributed by atoms with Gasteiger partial charge in [0.15, 0.2) is 0 Å². The second kappa shape index (κ2) is 16.8. The van der Waals surface area contributed by atoms with Crippen LogP contribution in [0.4, 0.5) is 0 Å². The molecule has 0 aromatic rings. The summed E-state index contributed by atoms with van der Waals surface area (Å²) < 4.78 is 0. The smallest absolute Gasteiger partial charge is 0.0945 e. The van der Waals surface area contributed by atoms with E-state index in [0.29, 0.717) is 5.54 Å². The van der Waals surface area contributed by atoms with Crippen molar-refractivity contribution in [2.24, 2.45) is 0 Å². The van der Waals surface area contributed by atoms with Gasteiger partial charge >= 0.3 is 0 Å². The molecule has 0 aromatic heterocycles. The molecular formula is C22H48N+. The van der Waals surface area contributed by atoms with Gasteiger partial charge in [-0.05, 0) is 19.3 Å². The lowest BCUT2D eigenvalue weighted by Crippen LogP contribution is -2.72. The first-order valence-corrected chi connectivity index (χ1v) is 11.0. The first-order chi connectivity index (χ1) is 11.2. The lowest BCUT2D eigenvalue weighted by molar-refractivity contribution is -0.484. The zero-order valence-corrected chi connectivity index (χ0v) is 16.9. The van der Waals surface area contributed by atoms with Gasteiger partial charge in [-0.1, -0.05) is 97.8 Å². The van der Waals surface area contributed by atoms with Gasteiger partial charge < -0.3 is 5.73 Å². The molecule has 0 amide bonds. The third-order valence-corrected chi connectivity index (χ3v) is 5.43. The Balaban J connectivity index is 4.00. The SMILES string of the molecule is CCCCCCCC([NH3+])(CCCCCCC)CCCCCCC. The maximum Gasteiger partial charge on any atom is 0.0945 e. The van der Waals surface area contributed by atoms with Crippen molar-refractivity contribution < 1.29 is 5.73 Å². The summed E-state index contributed by atoms with van der Waals surface area (Å²) in [6.07, 6.45) is 25.2. The molecule has 140 valence electrons. The minimum atomic E-state index is 0.393. The molecule has 0 aliphatic heterocycles. The topological polar surface area (TPSA) is 27.6 Å². The summed E-state index contributed by atoms with van der Waals surface area (Å²) in [5.41, 5.74) is 5.12. The number of hydrogen-bond acceptors (Lipinski definition) is 0. The summed E-state index contributed by atoms with van der Waals surface area (Å²) in [5, 5.41) is 0. The molecule has 0 atom stereocenters. The van der Waals surface area contributed by atoms with Crippen LogP contribution in [0.15, 0.2) is 0 Å². The van der Waals surface area contributed by atoms with Crippen LogP contribution in [-0.4, -0.2) is 5.54 Å². The van der Waals surface area contributed by atoms with Crippen molar-refractivity contribution in [1.82, 2.24) is 0 Å². The largest absolute Gasteiger partial charge is 0.353 e. The Bertz CT molecular complexity index is 188. The van der Waals surface area contributed by atoms with E-state index in [1.54, 1.807) is 0 Å². The molecule has 0 rings (SSSR count). The lowest BCUT2D eigenvalue weighted by Gasteiger charge is -2.26. The van der Waals surface area contributed by atoms with E-state index in [9.17, 15) is 0 Å². The van der Waals surface area contributed by atoms with Crippen LogP contribution in [0.3, 0.4) is 0 Å². The third-order valence-electron chi connectivity index (χ3n) is 5.43. The van der Waals surface area contributed by atoms with Gasteiger partial charge in [-0.3, -0.25) is 0 Å². The van der Waals surface area contributed by atoms with Crippen molar-refractivity contribution in [2.75, 3.05) is 0 Å². The monoisotopic (exact) mass is 326 g/mol. The van der Waals surface area contributed by atoms with Crippen LogP contribution < -0.4 is 5.73 Å². The molecule has 0 unspecified atom stereocenters. The molecule has 3 N–H and O–H groups in total. The Morgan fingerprint density at radius 1 is 0.435 bits per heavy atom. The predicted molar refractivity (Wildman–Crippen MR) is 106 cm³/mol. The summed E-state index contributed by atoms with van der Waals surface area (Å²) in [6.45, 7) is 6.91. The zero-order chi connectivity index (χ0) is 17.2. The molecule has 23 heavy (non-hydrogen) atoms. The molecular weight excluding hydrogens is 278 g/mol. The number of rotatable bonds is 18. The average molecular weight is 327 g/mol. The molecule has 0 aliphatic rings. The molecule has 0 radical (unpaired) electrons. The van der Waals surface area contributed by atoms with Gasteiger partial charge in [0.1, 0.15) is 0 Å². The summed E-state index contributed by atoms with van der Waals surface area (Å²) in [6, 6.07) is 0. The Morgan fingerprint density at radius 3 is 0.957 bits per heavy atom. The molecule has 1 heteroatoms. The molecule has 1 nitrogen and oxygen atoms in total. The summed E-state index contributed by atoms with van der Waals surface area (Å²) in [7, 11) is 0. The Morgan fingerprint density at radius 2 is 0.696 bits per heavy atom. The highest BCUT2D eigenvalue weighted by Gasteiger charge is 2.27. The van der Waals surface area contributed by atoms with Gasteiger partial charge in [-0.2, -0.15) is 0 Å². The van der Waals surface area contributed by atoms with Crippen LogP contribution in [0.1, 0.15) is 136 Å². The van der Waals surface area contributed by atoms with Crippen molar-refractivity contribution >= 4 is 0 Å². The lowest BCUT2D eigenvalue weighted by atomic mass is 9.82. The van der Waals surface area contributed by atoms with Crippen molar-refractivity contribution in [3.05, 3.63) is 0 Å². The van der Waals surface area contributed by atoms with Gasteiger partial charge in [-0.25, -0.2) is 0 Å². The van der Waals surface area contributed by atoms with Crippen LogP contribution >= 0.6 is 0 Å². The standard InChI is InChI=1S/C22H47N/c1-4-7-10-13-16-19-22(23,20-17-14-11-8-5-2)21-18-15-12-9-6-3/h4-21,23H2,1-3H3/p+1. The quantitative estimate of drug-likeness (QED) is 0.261. The van der Waals surface area contributed by atoms with Crippen molar-refractivity contribution in [2.45, 2.75) is 142 Å². The fourth-order valence-corrected chi connectivity index (χ4v) is 3.69. The first-order valence-electron chi connectivity index (χ1n) is 11.0. The van der Waals surface area contributed by atoms with Crippen LogP contribution in [0, 0.1) is 0 Å². The number of hydrogen-bond donors (Lipinski definition) is 1. The van der Waals surface area contributed by atoms with E-state index in [4.69, 9.17) is 5.73 Å². The van der Waals surface area contributed by atoms with E-state index in [1.807, 2.05) is 0 Å². The Kier molecular flexibility index (Phi) is 16.8. The summed E-state index contributed by atoms with van der Waals surface area (Å²) in [4.78, 5) is 0. The predicted octanol–water partition coefficient (Wildman–Crippen LogP) is 7.05. The van der Waals surface area contributed by atoms with Crippen molar-refractivity contribution in [3.63, 3.8) is 0 Å². The molecule has 0 aliphatic carbocycles. The maximum atomic E-state index is 4.72. The van der Waals surface area contributed by atoms with Crippen LogP contribution in [-0.2, 0) is 0 Å². The van der Waals surface area contributed by atoms with E-state index < -0.39 is 0 Å². The van der Waals surface area contributed by atoms with E-state index >= 15 is 0 Å². The zero-order valence-electron chi connectivity index (χ0n) is 16.9. The van der Waals surface area contributed by atoms with Gasteiger partial charge in [0.05, 0.1) is 5.54 Å². The number of unbranched alkanes of at least 4 members (excludes halogenated alkanes) is 12. The van der Waals surface area contributed by atoms with Gasteiger partial charge in [0.25, 0.3) is 0 Å². The van der Waals surface area contributed by atoms with E-state index in [0.717, 1.165) is 0 Å². The second-order valence-corrected chi connectivity index (χ2v) is 7.99. The molecule has 0 saturated heterocycles. The van der Waals surface area contributed by atoms with Crippen molar-refractivity contribution in [3.8, 4) is 0 Å². The van der Waals surface area contributed by atoms with Gasteiger partial charge in [0, 0.05) is 19.3 Å². The maximum absolute atomic E-state index is 4.72. The van der Waals surface area contributed by atoms with Gasteiger partial charge in [0.2, 0.25) is 0 Å².